The molecule has 100 valence electrons. The Balaban J connectivity index is 2.08. The number of hydrogen-bond donors (Lipinski definition) is 1. The van der Waals surface area contributed by atoms with Crippen molar-refractivity contribution in [2.45, 2.75) is 37.5 Å². The molecule has 2 N–H and O–H groups in total. The molecule has 0 saturated heterocycles. The van der Waals surface area contributed by atoms with E-state index in [1.807, 2.05) is 12.1 Å². The molecule has 1 aromatic carbocycles. The van der Waals surface area contributed by atoms with Gasteiger partial charge in [0.25, 0.3) is 0 Å². The molecule has 2 aromatic rings. The normalized spacial score (nSPS) is 18.4. The van der Waals surface area contributed by atoms with Gasteiger partial charge in [-0.3, -0.25) is 0 Å². The summed E-state index contributed by atoms with van der Waals surface area (Å²) in [6.45, 7) is 0. The van der Waals surface area contributed by atoms with Crippen LogP contribution in [-0.4, -0.2) is 10.2 Å². The van der Waals surface area contributed by atoms with Crippen LogP contribution in [0.15, 0.2) is 24.3 Å². The Morgan fingerprint density at radius 3 is 2.32 bits per heavy atom. The third-order valence-electron chi connectivity index (χ3n) is 3.95. The minimum Gasteiger partial charge on any atom is -0.374 e. The molecule has 1 aliphatic rings. The van der Waals surface area contributed by atoms with E-state index in [1.165, 1.54) is 36.2 Å². The number of rotatable bonds is 2. The number of halogens is 1. The highest BCUT2D eigenvalue weighted by molar-refractivity contribution is 7.15. The highest BCUT2D eigenvalue weighted by atomic mass is 35.5. The molecule has 0 aliphatic heterocycles. The third kappa shape index (κ3) is 2.35. The summed E-state index contributed by atoms with van der Waals surface area (Å²) in [7, 11) is 0. The molecule has 5 heteroatoms. The maximum absolute atomic E-state index is 6.00. The summed E-state index contributed by atoms with van der Waals surface area (Å²) in [4.78, 5) is 0. The zero-order chi connectivity index (χ0) is 13.3. The lowest BCUT2D eigenvalue weighted by Crippen LogP contribution is -2.30. The number of benzene rings is 1. The predicted molar refractivity (Wildman–Crippen MR) is 79.6 cm³/mol. The summed E-state index contributed by atoms with van der Waals surface area (Å²) in [6.07, 6.45) is 5.97. The molecular formula is C14H16ClN3S. The Kier molecular flexibility index (Phi) is 3.46. The van der Waals surface area contributed by atoms with Gasteiger partial charge in [-0.2, -0.15) is 0 Å². The minimum atomic E-state index is -0.0157. The van der Waals surface area contributed by atoms with E-state index in [1.54, 1.807) is 0 Å². The molecule has 1 aliphatic carbocycles. The second-order valence-electron chi connectivity index (χ2n) is 5.10. The second-order valence-corrected chi connectivity index (χ2v) is 6.54. The predicted octanol–water partition coefficient (Wildman–Crippen LogP) is 4.02. The summed E-state index contributed by atoms with van der Waals surface area (Å²) in [5, 5.41) is 10.7. The van der Waals surface area contributed by atoms with E-state index in [0.29, 0.717) is 5.13 Å². The SMILES string of the molecule is Nc1nnc(C2(c3ccc(Cl)cc3)CCCCC2)s1. The average Bonchev–Trinajstić information content (AvgIpc) is 2.87. The quantitative estimate of drug-likeness (QED) is 0.909. The first-order valence-electron chi connectivity index (χ1n) is 6.56. The topological polar surface area (TPSA) is 51.8 Å². The minimum absolute atomic E-state index is 0.0157. The summed E-state index contributed by atoms with van der Waals surface area (Å²) >= 11 is 7.52. The van der Waals surface area contributed by atoms with E-state index in [-0.39, 0.29) is 5.41 Å². The van der Waals surface area contributed by atoms with E-state index in [2.05, 4.69) is 22.3 Å². The first-order valence-corrected chi connectivity index (χ1v) is 7.76. The molecule has 0 spiro atoms. The summed E-state index contributed by atoms with van der Waals surface area (Å²) in [5.41, 5.74) is 7.04. The van der Waals surface area contributed by atoms with Crippen molar-refractivity contribution in [1.82, 2.24) is 10.2 Å². The van der Waals surface area contributed by atoms with Gasteiger partial charge in [0.1, 0.15) is 5.01 Å². The van der Waals surface area contributed by atoms with E-state index < -0.39 is 0 Å². The largest absolute Gasteiger partial charge is 0.374 e. The van der Waals surface area contributed by atoms with Crippen LogP contribution >= 0.6 is 22.9 Å². The van der Waals surface area contributed by atoms with Crippen LogP contribution < -0.4 is 5.73 Å². The molecule has 0 unspecified atom stereocenters. The van der Waals surface area contributed by atoms with Crippen LogP contribution in [0.4, 0.5) is 5.13 Å². The Morgan fingerprint density at radius 2 is 1.74 bits per heavy atom. The van der Waals surface area contributed by atoms with Crippen molar-refractivity contribution >= 4 is 28.1 Å². The standard InChI is InChI=1S/C14H16ClN3S/c15-11-6-4-10(5-7-11)14(8-2-1-3-9-14)12-17-18-13(16)19-12/h4-7H,1-3,8-9H2,(H2,16,18). The van der Waals surface area contributed by atoms with Crippen LogP contribution in [-0.2, 0) is 5.41 Å². The fraction of sp³-hybridized carbons (Fsp3) is 0.429. The van der Waals surface area contributed by atoms with E-state index in [0.717, 1.165) is 22.9 Å². The molecule has 1 heterocycles. The van der Waals surface area contributed by atoms with Gasteiger partial charge < -0.3 is 5.73 Å². The number of nitrogens with zero attached hydrogens (tertiary/aromatic N) is 2. The van der Waals surface area contributed by atoms with Gasteiger partial charge in [-0.15, -0.1) is 10.2 Å². The third-order valence-corrected chi connectivity index (χ3v) is 5.16. The highest BCUT2D eigenvalue weighted by Crippen LogP contribution is 2.46. The Labute approximate surface area is 121 Å². The number of nitrogens with two attached hydrogens (primary N) is 1. The fourth-order valence-corrected chi connectivity index (χ4v) is 3.98. The number of nitrogen functional groups attached to an aromatic ring is 1. The Hall–Kier alpha value is -1.13. The molecule has 0 amide bonds. The van der Waals surface area contributed by atoms with Crippen LogP contribution in [0.3, 0.4) is 0 Å². The molecule has 3 nitrogen and oxygen atoms in total. The molecule has 3 rings (SSSR count). The molecule has 1 fully saturated rings. The van der Waals surface area contributed by atoms with Crippen LogP contribution in [0.2, 0.25) is 5.02 Å². The molecule has 1 saturated carbocycles. The molecule has 0 bridgehead atoms. The second kappa shape index (κ2) is 5.10. The highest BCUT2D eigenvalue weighted by Gasteiger charge is 2.38. The van der Waals surface area contributed by atoms with Gasteiger partial charge in [0.15, 0.2) is 0 Å². The molecular weight excluding hydrogens is 278 g/mol. The Bertz CT molecular complexity index is 558. The van der Waals surface area contributed by atoms with Crippen LogP contribution in [0.25, 0.3) is 0 Å². The molecule has 0 radical (unpaired) electrons. The zero-order valence-electron chi connectivity index (χ0n) is 10.6. The van der Waals surface area contributed by atoms with Gasteiger partial charge >= 0.3 is 0 Å². The van der Waals surface area contributed by atoms with Crippen LogP contribution in [0, 0.1) is 0 Å². The van der Waals surface area contributed by atoms with E-state index in [9.17, 15) is 0 Å². The van der Waals surface area contributed by atoms with Crippen molar-refractivity contribution < 1.29 is 0 Å². The Morgan fingerprint density at radius 1 is 1.05 bits per heavy atom. The maximum atomic E-state index is 6.00. The smallest absolute Gasteiger partial charge is 0.203 e. The van der Waals surface area contributed by atoms with Gasteiger partial charge in [0, 0.05) is 10.4 Å². The van der Waals surface area contributed by atoms with E-state index in [4.69, 9.17) is 17.3 Å². The van der Waals surface area contributed by atoms with Crippen LogP contribution in [0.1, 0.15) is 42.7 Å². The molecule has 0 atom stereocenters. The summed E-state index contributed by atoms with van der Waals surface area (Å²) < 4.78 is 0. The summed E-state index contributed by atoms with van der Waals surface area (Å²) in [5.74, 6) is 0. The lowest BCUT2D eigenvalue weighted by Gasteiger charge is -2.35. The number of anilines is 1. The van der Waals surface area contributed by atoms with Crippen molar-refractivity contribution in [2.75, 3.05) is 5.73 Å². The van der Waals surface area contributed by atoms with Gasteiger partial charge in [-0.05, 0) is 30.5 Å². The summed E-state index contributed by atoms with van der Waals surface area (Å²) in [6, 6.07) is 8.14. The van der Waals surface area contributed by atoms with Crippen molar-refractivity contribution in [3.8, 4) is 0 Å². The number of aromatic nitrogens is 2. The maximum Gasteiger partial charge on any atom is 0.203 e. The lowest BCUT2D eigenvalue weighted by atomic mass is 9.70. The lowest BCUT2D eigenvalue weighted by molar-refractivity contribution is 0.343. The van der Waals surface area contributed by atoms with Crippen molar-refractivity contribution in [1.29, 1.82) is 0 Å². The molecule has 1 aromatic heterocycles. The van der Waals surface area contributed by atoms with Crippen LogP contribution in [0.5, 0.6) is 0 Å². The monoisotopic (exact) mass is 293 g/mol. The number of hydrogen-bond acceptors (Lipinski definition) is 4. The fourth-order valence-electron chi connectivity index (χ4n) is 2.98. The van der Waals surface area contributed by atoms with Gasteiger partial charge in [-0.1, -0.05) is 54.3 Å². The van der Waals surface area contributed by atoms with Gasteiger partial charge in [0.05, 0.1) is 0 Å². The van der Waals surface area contributed by atoms with E-state index >= 15 is 0 Å². The van der Waals surface area contributed by atoms with Gasteiger partial charge in [-0.25, -0.2) is 0 Å². The average molecular weight is 294 g/mol. The van der Waals surface area contributed by atoms with Crippen molar-refractivity contribution in [3.63, 3.8) is 0 Å². The molecule has 19 heavy (non-hydrogen) atoms. The first-order chi connectivity index (χ1) is 9.21. The van der Waals surface area contributed by atoms with Gasteiger partial charge in [0.2, 0.25) is 5.13 Å². The van der Waals surface area contributed by atoms with Crippen molar-refractivity contribution in [2.24, 2.45) is 0 Å². The zero-order valence-corrected chi connectivity index (χ0v) is 12.2. The first kappa shape index (κ1) is 12.9. The van der Waals surface area contributed by atoms with Crippen molar-refractivity contribution in [3.05, 3.63) is 39.9 Å².